The van der Waals surface area contributed by atoms with E-state index < -0.39 is 12.6 Å². The van der Waals surface area contributed by atoms with Crippen molar-refractivity contribution in [3.8, 4) is 6.07 Å². The van der Waals surface area contributed by atoms with E-state index in [0.29, 0.717) is 19.0 Å². The normalized spacial score (nSPS) is 17.1. The van der Waals surface area contributed by atoms with Crippen LogP contribution in [0.3, 0.4) is 0 Å². The highest BCUT2D eigenvalue weighted by Crippen LogP contribution is 2.29. The molecule has 1 aliphatic carbocycles. The minimum absolute atomic E-state index is 0.0375. The van der Waals surface area contributed by atoms with Crippen molar-refractivity contribution in [3.05, 3.63) is 0 Å². The zero-order chi connectivity index (χ0) is 10.6. The van der Waals surface area contributed by atoms with E-state index in [2.05, 4.69) is 0 Å². The van der Waals surface area contributed by atoms with Gasteiger partial charge in [0.15, 0.2) is 0 Å². The zero-order valence-electron chi connectivity index (χ0n) is 7.85. The predicted octanol–water partition coefficient (Wildman–Crippen LogP) is 2.32. The van der Waals surface area contributed by atoms with Crippen LogP contribution in [0, 0.1) is 11.3 Å². The molecule has 1 rings (SSSR count). The van der Waals surface area contributed by atoms with Gasteiger partial charge < -0.3 is 0 Å². The van der Waals surface area contributed by atoms with Gasteiger partial charge in [0.05, 0.1) is 12.5 Å². The van der Waals surface area contributed by atoms with E-state index in [-0.39, 0.29) is 6.54 Å². The lowest BCUT2D eigenvalue weighted by molar-refractivity contribution is -0.138. The summed E-state index contributed by atoms with van der Waals surface area (Å²) in [6.45, 7) is 0.507. The second kappa shape index (κ2) is 4.65. The Morgan fingerprint density at radius 2 is 1.93 bits per heavy atom. The Morgan fingerprint density at radius 1 is 1.29 bits per heavy atom. The predicted molar refractivity (Wildman–Crippen MR) is 45.5 cm³/mol. The highest BCUT2D eigenvalue weighted by atomic mass is 19.4. The van der Waals surface area contributed by atoms with Crippen molar-refractivity contribution in [1.29, 1.82) is 5.26 Å². The Hall–Kier alpha value is -0.760. The van der Waals surface area contributed by atoms with Crippen molar-refractivity contribution in [3.63, 3.8) is 0 Å². The van der Waals surface area contributed by atoms with E-state index in [9.17, 15) is 13.2 Å². The van der Waals surface area contributed by atoms with Crippen molar-refractivity contribution in [2.24, 2.45) is 0 Å². The Bertz CT molecular complexity index is 215. The zero-order valence-corrected chi connectivity index (χ0v) is 7.85. The molecular formula is C9H13F3N2. The molecule has 0 aromatic heterocycles. The van der Waals surface area contributed by atoms with Crippen LogP contribution < -0.4 is 0 Å². The lowest BCUT2D eigenvalue weighted by atomic mass is 10.3. The fourth-order valence-corrected chi connectivity index (χ4v) is 1.38. The summed E-state index contributed by atoms with van der Waals surface area (Å²) in [6.07, 6.45) is -2.59. The van der Waals surface area contributed by atoms with Crippen molar-refractivity contribution >= 4 is 0 Å². The molecule has 1 aliphatic rings. The average molecular weight is 206 g/mol. The summed E-state index contributed by atoms with van der Waals surface area (Å²) in [6, 6.07) is 2.25. The molecule has 2 nitrogen and oxygen atoms in total. The van der Waals surface area contributed by atoms with Gasteiger partial charge in [0.1, 0.15) is 0 Å². The summed E-state index contributed by atoms with van der Waals surface area (Å²) in [5.41, 5.74) is 0. The molecule has 80 valence electrons. The van der Waals surface area contributed by atoms with Crippen LogP contribution in [0.15, 0.2) is 0 Å². The SMILES string of the molecule is N#CCCN(CCC(F)(F)F)C1CC1. The Kier molecular flexibility index (Phi) is 3.76. The first kappa shape index (κ1) is 11.3. The molecule has 0 amide bonds. The highest BCUT2D eigenvalue weighted by Gasteiger charge is 2.33. The fraction of sp³-hybridized carbons (Fsp3) is 0.889. The van der Waals surface area contributed by atoms with Crippen molar-refractivity contribution in [2.75, 3.05) is 13.1 Å². The first-order valence-electron chi connectivity index (χ1n) is 4.70. The summed E-state index contributed by atoms with van der Waals surface area (Å²) < 4.78 is 35.8. The smallest absolute Gasteiger partial charge is 0.299 e. The van der Waals surface area contributed by atoms with E-state index in [1.165, 1.54) is 0 Å². The maximum atomic E-state index is 11.9. The average Bonchev–Trinajstić information content (AvgIpc) is 2.86. The van der Waals surface area contributed by atoms with Crippen LogP contribution >= 0.6 is 0 Å². The Morgan fingerprint density at radius 3 is 2.36 bits per heavy atom. The molecule has 14 heavy (non-hydrogen) atoms. The van der Waals surface area contributed by atoms with Crippen LogP contribution in [0.25, 0.3) is 0 Å². The van der Waals surface area contributed by atoms with Gasteiger partial charge in [0, 0.05) is 25.6 Å². The first-order chi connectivity index (χ1) is 6.53. The molecule has 0 N–H and O–H groups in total. The standard InChI is InChI=1S/C9H13F3N2/c10-9(11,12)4-7-14(6-1-5-13)8-2-3-8/h8H,1-4,6-7H2. The summed E-state index contributed by atoms with van der Waals surface area (Å²) in [5, 5.41) is 8.35. The molecule has 0 saturated heterocycles. The third-order valence-electron chi connectivity index (χ3n) is 2.26. The summed E-state index contributed by atoms with van der Waals surface area (Å²) >= 11 is 0. The molecule has 0 spiro atoms. The van der Waals surface area contributed by atoms with Crippen molar-refractivity contribution in [2.45, 2.75) is 37.9 Å². The summed E-state index contributed by atoms with van der Waals surface area (Å²) in [4.78, 5) is 1.77. The van der Waals surface area contributed by atoms with Gasteiger partial charge in [-0.1, -0.05) is 0 Å². The van der Waals surface area contributed by atoms with Gasteiger partial charge in [-0.2, -0.15) is 18.4 Å². The molecule has 1 fully saturated rings. The number of hydrogen-bond acceptors (Lipinski definition) is 2. The maximum absolute atomic E-state index is 11.9. The third-order valence-corrected chi connectivity index (χ3v) is 2.26. The van der Waals surface area contributed by atoms with E-state index in [1.54, 1.807) is 4.90 Å². The van der Waals surface area contributed by atoms with Crippen LogP contribution in [0.5, 0.6) is 0 Å². The molecular weight excluding hydrogens is 193 g/mol. The molecule has 5 heteroatoms. The van der Waals surface area contributed by atoms with Gasteiger partial charge in [-0.15, -0.1) is 0 Å². The topological polar surface area (TPSA) is 27.0 Å². The largest absolute Gasteiger partial charge is 0.390 e. The van der Waals surface area contributed by atoms with E-state index in [1.807, 2.05) is 6.07 Å². The van der Waals surface area contributed by atoms with Crippen molar-refractivity contribution in [1.82, 2.24) is 4.90 Å². The second-order valence-corrected chi connectivity index (χ2v) is 3.54. The third kappa shape index (κ3) is 4.47. The van der Waals surface area contributed by atoms with Crippen LogP contribution in [-0.4, -0.2) is 30.2 Å². The van der Waals surface area contributed by atoms with Crippen LogP contribution in [0.4, 0.5) is 13.2 Å². The van der Waals surface area contributed by atoms with Gasteiger partial charge in [0.25, 0.3) is 0 Å². The second-order valence-electron chi connectivity index (χ2n) is 3.54. The first-order valence-corrected chi connectivity index (χ1v) is 4.70. The van der Waals surface area contributed by atoms with Gasteiger partial charge >= 0.3 is 6.18 Å². The van der Waals surface area contributed by atoms with Crippen LogP contribution in [0.2, 0.25) is 0 Å². The van der Waals surface area contributed by atoms with Gasteiger partial charge in [-0.3, -0.25) is 4.90 Å². The minimum atomic E-state index is -4.08. The van der Waals surface area contributed by atoms with Crippen LogP contribution in [0.1, 0.15) is 25.7 Å². The quantitative estimate of drug-likeness (QED) is 0.690. The molecule has 0 unspecified atom stereocenters. The number of rotatable bonds is 5. The Labute approximate surface area is 81.3 Å². The maximum Gasteiger partial charge on any atom is 0.390 e. The van der Waals surface area contributed by atoms with Gasteiger partial charge in [-0.25, -0.2) is 0 Å². The number of hydrogen-bond donors (Lipinski definition) is 0. The molecule has 0 aromatic rings. The molecule has 0 atom stereocenters. The van der Waals surface area contributed by atoms with E-state index in [4.69, 9.17) is 5.26 Å². The number of nitrogens with zero attached hydrogens (tertiary/aromatic N) is 2. The summed E-state index contributed by atoms with van der Waals surface area (Å²) in [7, 11) is 0. The molecule has 1 saturated carbocycles. The monoisotopic (exact) mass is 206 g/mol. The fourth-order valence-electron chi connectivity index (χ4n) is 1.38. The van der Waals surface area contributed by atoms with E-state index >= 15 is 0 Å². The number of halogens is 3. The van der Waals surface area contributed by atoms with Crippen LogP contribution in [-0.2, 0) is 0 Å². The highest BCUT2D eigenvalue weighted by molar-refractivity contribution is 4.86. The molecule has 0 radical (unpaired) electrons. The Balaban J connectivity index is 2.25. The van der Waals surface area contributed by atoms with E-state index in [0.717, 1.165) is 12.8 Å². The summed E-state index contributed by atoms with van der Waals surface area (Å²) in [5.74, 6) is 0. The molecule has 0 aromatic carbocycles. The minimum Gasteiger partial charge on any atom is -0.299 e. The molecule has 0 heterocycles. The number of alkyl halides is 3. The molecule has 0 bridgehead atoms. The van der Waals surface area contributed by atoms with Crippen molar-refractivity contribution < 1.29 is 13.2 Å². The lowest BCUT2D eigenvalue weighted by Crippen LogP contribution is -2.31. The lowest BCUT2D eigenvalue weighted by Gasteiger charge is -2.21. The molecule has 0 aliphatic heterocycles. The number of nitriles is 1. The van der Waals surface area contributed by atoms with Gasteiger partial charge in [0.2, 0.25) is 0 Å². The van der Waals surface area contributed by atoms with Gasteiger partial charge in [-0.05, 0) is 12.8 Å².